The third-order valence-corrected chi connectivity index (χ3v) is 5.92. The van der Waals surface area contributed by atoms with Crippen LogP contribution < -0.4 is 0 Å². The molecule has 0 fully saturated rings. The molecule has 2 aliphatic carbocycles. The number of hydrogen-bond donors (Lipinski definition) is 0. The third-order valence-electron chi connectivity index (χ3n) is 5.92. The maximum Gasteiger partial charge on any atom is 0.320 e. The summed E-state index contributed by atoms with van der Waals surface area (Å²) in [6, 6.07) is 17.3. The standard InChI is InChI=1S/C24H24O3/c25-22-21-14-8-7-11-19(21)15-16-24(22,20-12-5-2-6-13-20)23(26)27-17-18-9-3-1-4-10-18/h1,3-5,7-12,14,20H,2,6,13,15-17H2/t20-,24+/m1/s1. The zero-order valence-electron chi connectivity index (χ0n) is 15.4. The monoisotopic (exact) mass is 360 g/mol. The number of Topliss-reactive ketones (excluding diaryl/α,β-unsaturated/α-hetero) is 1. The number of ketones is 1. The van der Waals surface area contributed by atoms with E-state index in [2.05, 4.69) is 12.2 Å². The van der Waals surface area contributed by atoms with Crippen molar-refractivity contribution in [2.75, 3.05) is 0 Å². The Morgan fingerprint density at radius 3 is 2.63 bits per heavy atom. The first-order valence-electron chi connectivity index (χ1n) is 9.72. The Morgan fingerprint density at radius 1 is 1.07 bits per heavy atom. The summed E-state index contributed by atoms with van der Waals surface area (Å²) in [6.45, 7) is 0.201. The lowest BCUT2D eigenvalue weighted by atomic mass is 9.61. The van der Waals surface area contributed by atoms with E-state index in [-0.39, 0.29) is 24.3 Å². The van der Waals surface area contributed by atoms with Crippen LogP contribution in [-0.2, 0) is 22.6 Å². The molecule has 0 heterocycles. The molecule has 0 aliphatic heterocycles. The molecule has 2 atom stereocenters. The first kappa shape index (κ1) is 17.7. The van der Waals surface area contributed by atoms with E-state index in [0.29, 0.717) is 12.0 Å². The van der Waals surface area contributed by atoms with Crippen LogP contribution in [0.25, 0.3) is 0 Å². The van der Waals surface area contributed by atoms with Gasteiger partial charge in [-0.1, -0.05) is 66.7 Å². The summed E-state index contributed by atoms with van der Waals surface area (Å²) in [5, 5.41) is 0. The van der Waals surface area contributed by atoms with Crippen LogP contribution in [-0.4, -0.2) is 11.8 Å². The molecule has 0 aromatic heterocycles. The van der Waals surface area contributed by atoms with Gasteiger partial charge in [0, 0.05) is 11.5 Å². The molecule has 138 valence electrons. The van der Waals surface area contributed by atoms with Gasteiger partial charge in [0.15, 0.2) is 5.78 Å². The predicted octanol–water partition coefficient (Wildman–Crippen LogP) is 4.90. The first-order valence-corrected chi connectivity index (χ1v) is 9.72. The van der Waals surface area contributed by atoms with Crippen molar-refractivity contribution < 1.29 is 14.3 Å². The number of hydrogen-bond acceptors (Lipinski definition) is 3. The molecule has 27 heavy (non-hydrogen) atoms. The number of fused-ring (bicyclic) bond motifs is 1. The highest BCUT2D eigenvalue weighted by molar-refractivity contribution is 6.14. The minimum absolute atomic E-state index is 0.0704. The van der Waals surface area contributed by atoms with E-state index in [1.807, 2.05) is 54.6 Å². The molecular formula is C24H24O3. The summed E-state index contributed by atoms with van der Waals surface area (Å²) >= 11 is 0. The Balaban J connectivity index is 1.67. The molecule has 3 nitrogen and oxygen atoms in total. The molecule has 0 amide bonds. The van der Waals surface area contributed by atoms with E-state index in [0.717, 1.165) is 36.8 Å². The van der Waals surface area contributed by atoms with Crippen molar-refractivity contribution in [3.8, 4) is 0 Å². The maximum absolute atomic E-state index is 13.6. The van der Waals surface area contributed by atoms with Gasteiger partial charge in [-0.25, -0.2) is 0 Å². The highest BCUT2D eigenvalue weighted by Crippen LogP contribution is 2.46. The first-order chi connectivity index (χ1) is 13.2. The molecule has 0 spiro atoms. The Morgan fingerprint density at radius 2 is 1.85 bits per heavy atom. The van der Waals surface area contributed by atoms with Crippen molar-refractivity contribution in [2.24, 2.45) is 11.3 Å². The molecule has 2 aromatic carbocycles. The molecule has 2 aromatic rings. The lowest BCUT2D eigenvalue weighted by molar-refractivity contribution is -0.157. The minimum atomic E-state index is -1.10. The molecule has 3 heteroatoms. The minimum Gasteiger partial charge on any atom is -0.460 e. The van der Waals surface area contributed by atoms with Gasteiger partial charge >= 0.3 is 5.97 Å². The van der Waals surface area contributed by atoms with Crippen LogP contribution in [0, 0.1) is 11.3 Å². The number of rotatable bonds is 4. The molecule has 0 radical (unpaired) electrons. The predicted molar refractivity (Wildman–Crippen MR) is 104 cm³/mol. The molecule has 0 N–H and O–H groups in total. The van der Waals surface area contributed by atoms with Crippen molar-refractivity contribution in [3.63, 3.8) is 0 Å². The summed E-state index contributed by atoms with van der Waals surface area (Å²) in [6.07, 6.45) is 8.29. The number of allylic oxidation sites excluding steroid dienone is 2. The lowest BCUT2D eigenvalue weighted by Gasteiger charge is -2.40. The molecule has 0 unspecified atom stereocenters. The van der Waals surface area contributed by atoms with E-state index in [1.54, 1.807) is 0 Å². The van der Waals surface area contributed by atoms with Gasteiger partial charge in [0.05, 0.1) is 0 Å². The number of carbonyl (C=O) groups is 2. The van der Waals surface area contributed by atoms with Gasteiger partial charge in [-0.3, -0.25) is 9.59 Å². The summed E-state index contributed by atoms with van der Waals surface area (Å²) < 4.78 is 5.72. The van der Waals surface area contributed by atoms with Gasteiger partial charge in [0.25, 0.3) is 0 Å². The highest BCUT2D eigenvalue weighted by atomic mass is 16.5. The maximum atomic E-state index is 13.6. The topological polar surface area (TPSA) is 43.4 Å². The molecule has 0 bridgehead atoms. The van der Waals surface area contributed by atoms with Crippen LogP contribution in [0.3, 0.4) is 0 Å². The fraction of sp³-hybridized carbons (Fsp3) is 0.333. The number of ether oxygens (including phenoxy) is 1. The van der Waals surface area contributed by atoms with Gasteiger partial charge in [-0.05, 0) is 43.2 Å². The highest BCUT2D eigenvalue weighted by Gasteiger charge is 2.54. The van der Waals surface area contributed by atoms with Crippen molar-refractivity contribution in [2.45, 2.75) is 38.7 Å². The zero-order chi connectivity index (χ0) is 18.7. The van der Waals surface area contributed by atoms with Gasteiger partial charge in [0.1, 0.15) is 12.0 Å². The van der Waals surface area contributed by atoms with Crippen LogP contribution >= 0.6 is 0 Å². The van der Waals surface area contributed by atoms with E-state index in [4.69, 9.17) is 4.74 Å². The number of carbonyl (C=O) groups excluding carboxylic acids is 2. The average Bonchev–Trinajstić information content (AvgIpc) is 2.74. The largest absolute Gasteiger partial charge is 0.460 e. The zero-order valence-corrected chi connectivity index (χ0v) is 15.4. The fourth-order valence-corrected chi connectivity index (χ4v) is 4.42. The van der Waals surface area contributed by atoms with Crippen molar-refractivity contribution >= 4 is 11.8 Å². The van der Waals surface area contributed by atoms with E-state index >= 15 is 0 Å². The molecule has 4 rings (SSSR count). The van der Waals surface area contributed by atoms with Crippen LogP contribution in [0.4, 0.5) is 0 Å². The van der Waals surface area contributed by atoms with Gasteiger partial charge in [-0.2, -0.15) is 0 Å². The lowest BCUT2D eigenvalue weighted by Crippen LogP contribution is -2.49. The van der Waals surface area contributed by atoms with Gasteiger partial charge < -0.3 is 4.74 Å². The fourth-order valence-electron chi connectivity index (χ4n) is 4.42. The average molecular weight is 360 g/mol. The molecular weight excluding hydrogens is 336 g/mol. The number of esters is 1. The number of benzene rings is 2. The van der Waals surface area contributed by atoms with E-state index < -0.39 is 5.41 Å². The second-order valence-corrected chi connectivity index (χ2v) is 7.48. The smallest absolute Gasteiger partial charge is 0.320 e. The Kier molecular flexibility index (Phi) is 4.93. The second-order valence-electron chi connectivity index (χ2n) is 7.48. The van der Waals surface area contributed by atoms with Gasteiger partial charge in [-0.15, -0.1) is 0 Å². The van der Waals surface area contributed by atoms with Crippen molar-refractivity contribution in [1.29, 1.82) is 0 Å². The normalized spacial score (nSPS) is 24.3. The summed E-state index contributed by atoms with van der Waals surface area (Å²) in [5.41, 5.74) is 1.55. The molecule has 2 aliphatic rings. The Labute approximate surface area is 160 Å². The summed E-state index contributed by atoms with van der Waals surface area (Å²) in [5.74, 6) is -0.531. The SMILES string of the molecule is O=C(OCc1ccccc1)[C@]1([C@@H]2C=CCCC2)CCc2ccccc2C1=O. The summed E-state index contributed by atoms with van der Waals surface area (Å²) in [7, 11) is 0. The van der Waals surface area contributed by atoms with Crippen LogP contribution in [0.2, 0.25) is 0 Å². The number of aryl methyl sites for hydroxylation is 1. The Bertz CT molecular complexity index is 868. The summed E-state index contributed by atoms with van der Waals surface area (Å²) in [4.78, 5) is 26.9. The van der Waals surface area contributed by atoms with E-state index in [1.165, 1.54) is 0 Å². The Hall–Kier alpha value is -2.68. The molecule has 0 saturated heterocycles. The van der Waals surface area contributed by atoms with Crippen molar-refractivity contribution in [3.05, 3.63) is 83.4 Å². The van der Waals surface area contributed by atoms with Crippen molar-refractivity contribution in [1.82, 2.24) is 0 Å². The van der Waals surface area contributed by atoms with E-state index in [9.17, 15) is 9.59 Å². The quantitative estimate of drug-likeness (QED) is 0.442. The second kappa shape index (κ2) is 7.51. The van der Waals surface area contributed by atoms with Gasteiger partial charge in [0.2, 0.25) is 0 Å². The van der Waals surface area contributed by atoms with Crippen LogP contribution in [0.5, 0.6) is 0 Å². The van der Waals surface area contributed by atoms with Crippen LogP contribution in [0.1, 0.15) is 47.2 Å². The van der Waals surface area contributed by atoms with Crippen LogP contribution in [0.15, 0.2) is 66.7 Å². The third kappa shape index (κ3) is 3.23. The molecule has 0 saturated carbocycles.